The number of hydrogen-bond donors (Lipinski definition) is 1. The zero-order valence-corrected chi connectivity index (χ0v) is 13.0. The van der Waals surface area contributed by atoms with Gasteiger partial charge in [-0.25, -0.2) is 4.57 Å². The molecule has 0 atom stereocenters. The van der Waals surface area contributed by atoms with Gasteiger partial charge < -0.3 is 4.89 Å². The molecule has 0 aromatic rings. The van der Waals surface area contributed by atoms with E-state index in [1.807, 2.05) is 0 Å². The molecule has 0 bridgehead atoms. The molecule has 19 heavy (non-hydrogen) atoms. The van der Waals surface area contributed by atoms with E-state index in [2.05, 4.69) is 13.8 Å². The van der Waals surface area contributed by atoms with Gasteiger partial charge in [0.1, 0.15) is 0 Å². The fourth-order valence-electron chi connectivity index (χ4n) is 3.07. The van der Waals surface area contributed by atoms with Crippen LogP contribution in [0.25, 0.3) is 0 Å². The first-order valence-electron chi connectivity index (χ1n) is 7.64. The number of phosphoric ester groups is 1. The highest BCUT2D eigenvalue weighted by atomic mass is 31.2. The van der Waals surface area contributed by atoms with Crippen LogP contribution in [0.5, 0.6) is 0 Å². The van der Waals surface area contributed by atoms with Crippen LogP contribution in [-0.4, -0.2) is 17.1 Å². The van der Waals surface area contributed by atoms with Gasteiger partial charge in [-0.2, -0.15) is 0 Å². The first-order chi connectivity index (χ1) is 8.94. The second-order valence-corrected chi connectivity index (χ2v) is 7.80. The quantitative estimate of drug-likeness (QED) is 0.785. The normalized spacial score (nSPS) is 39.7. The standard InChI is InChI=1S/C14H27O4P/c1-11-3-7-13(8-4-11)17-19(15,16)18-14-9-5-12(2)6-10-14/h11-14H,3-10H2,1-2H3,(H,15,16). The zero-order valence-electron chi connectivity index (χ0n) is 12.1. The lowest BCUT2D eigenvalue weighted by Gasteiger charge is -2.30. The Morgan fingerprint density at radius 1 is 0.789 bits per heavy atom. The molecule has 0 unspecified atom stereocenters. The molecular weight excluding hydrogens is 263 g/mol. The summed E-state index contributed by atoms with van der Waals surface area (Å²) in [6.07, 6.45) is 7.58. The highest BCUT2D eigenvalue weighted by Gasteiger charge is 2.33. The van der Waals surface area contributed by atoms with Gasteiger partial charge in [0.15, 0.2) is 0 Å². The molecule has 0 aliphatic heterocycles. The Hall–Kier alpha value is 0.110. The molecule has 2 aliphatic rings. The molecule has 0 amide bonds. The highest BCUT2D eigenvalue weighted by molar-refractivity contribution is 7.47. The molecule has 1 N–H and O–H groups in total. The van der Waals surface area contributed by atoms with E-state index in [4.69, 9.17) is 9.05 Å². The molecule has 0 saturated heterocycles. The van der Waals surface area contributed by atoms with Crippen molar-refractivity contribution in [2.45, 2.75) is 77.4 Å². The first kappa shape index (κ1) is 15.5. The fraction of sp³-hybridized carbons (Fsp3) is 1.00. The molecule has 5 heteroatoms. The third-order valence-corrected chi connectivity index (χ3v) is 5.62. The Morgan fingerprint density at radius 3 is 1.42 bits per heavy atom. The first-order valence-corrected chi connectivity index (χ1v) is 9.14. The van der Waals surface area contributed by atoms with Gasteiger partial charge in [-0.1, -0.05) is 13.8 Å². The third-order valence-electron chi connectivity index (χ3n) is 4.49. The Morgan fingerprint density at radius 2 is 1.11 bits per heavy atom. The van der Waals surface area contributed by atoms with Crippen LogP contribution in [-0.2, 0) is 13.6 Å². The molecular formula is C14H27O4P. The largest absolute Gasteiger partial charge is 0.472 e. The lowest BCUT2D eigenvalue weighted by atomic mass is 9.89. The van der Waals surface area contributed by atoms with Crippen LogP contribution in [0.15, 0.2) is 0 Å². The Balaban J connectivity index is 1.76. The van der Waals surface area contributed by atoms with E-state index >= 15 is 0 Å². The van der Waals surface area contributed by atoms with E-state index in [1.165, 1.54) is 0 Å². The van der Waals surface area contributed by atoms with Gasteiger partial charge in [0.25, 0.3) is 0 Å². The number of rotatable bonds is 4. The fourth-order valence-corrected chi connectivity index (χ4v) is 4.30. The summed E-state index contributed by atoms with van der Waals surface area (Å²) < 4.78 is 22.7. The SMILES string of the molecule is CC1CCC(OP(=O)(O)OC2CCC(C)CC2)CC1. The molecule has 0 radical (unpaired) electrons. The van der Waals surface area contributed by atoms with E-state index in [0.717, 1.165) is 51.4 Å². The topological polar surface area (TPSA) is 55.8 Å². The predicted octanol–water partition coefficient (Wildman–Crippen LogP) is 4.28. The van der Waals surface area contributed by atoms with Gasteiger partial charge in [-0.05, 0) is 63.2 Å². The average molecular weight is 290 g/mol. The average Bonchev–Trinajstić information content (AvgIpc) is 2.34. The maximum Gasteiger partial charge on any atom is 0.472 e. The van der Waals surface area contributed by atoms with Crippen LogP contribution in [0.3, 0.4) is 0 Å². The van der Waals surface area contributed by atoms with Crippen molar-refractivity contribution in [3.05, 3.63) is 0 Å². The Bertz CT molecular complexity index is 289. The molecule has 4 nitrogen and oxygen atoms in total. The van der Waals surface area contributed by atoms with Crippen LogP contribution < -0.4 is 0 Å². The maximum absolute atomic E-state index is 12.0. The van der Waals surface area contributed by atoms with E-state index < -0.39 is 7.82 Å². The van der Waals surface area contributed by atoms with E-state index in [1.54, 1.807) is 0 Å². The number of phosphoric acid groups is 1. The summed E-state index contributed by atoms with van der Waals surface area (Å²) in [6.45, 7) is 4.43. The third kappa shape index (κ3) is 5.18. The highest BCUT2D eigenvalue weighted by Crippen LogP contribution is 2.50. The number of hydrogen-bond acceptors (Lipinski definition) is 3. The van der Waals surface area contributed by atoms with Crippen LogP contribution in [0, 0.1) is 11.8 Å². The van der Waals surface area contributed by atoms with Crippen molar-refractivity contribution in [1.29, 1.82) is 0 Å². The van der Waals surface area contributed by atoms with Crippen molar-refractivity contribution in [2.24, 2.45) is 11.8 Å². The second-order valence-electron chi connectivity index (χ2n) is 6.44. The summed E-state index contributed by atoms with van der Waals surface area (Å²) in [7, 11) is -3.87. The minimum absolute atomic E-state index is 0.102. The van der Waals surface area contributed by atoms with Crippen molar-refractivity contribution in [2.75, 3.05) is 0 Å². The summed E-state index contributed by atoms with van der Waals surface area (Å²) in [5, 5.41) is 0. The summed E-state index contributed by atoms with van der Waals surface area (Å²) in [5.74, 6) is 1.41. The van der Waals surface area contributed by atoms with Gasteiger partial charge in [-0.3, -0.25) is 9.05 Å². The van der Waals surface area contributed by atoms with Crippen molar-refractivity contribution in [1.82, 2.24) is 0 Å². The zero-order chi connectivity index (χ0) is 13.9. The summed E-state index contributed by atoms with van der Waals surface area (Å²) in [4.78, 5) is 9.86. The van der Waals surface area contributed by atoms with Crippen LogP contribution >= 0.6 is 7.82 Å². The van der Waals surface area contributed by atoms with Crippen LogP contribution in [0.1, 0.15) is 65.2 Å². The summed E-state index contributed by atoms with van der Waals surface area (Å²) in [5.41, 5.74) is 0. The van der Waals surface area contributed by atoms with Gasteiger partial charge in [-0.15, -0.1) is 0 Å². The second kappa shape index (κ2) is 6.71. The molecule has 2 saturated carbocycles. The lowest BCUT2D eigenvalue weighted by Crippen LogP contribution is -2.23. The maximum atomic E-state index is 12.0. The molecule has 0 aromatic heterocycles. The van der Waals surface area contributed by atoms with Gasteiger partial charge in [0.05, 0.1) is 12.2 Å². The van der Waals surface area contributed by atoms with Gasteiger partial charge in [0.2, 0.25) is 0 Å². The lowest BCUT2D eigenvalue weighted by molar-refractivity contribution is 0.0382. The monoisotopic (exact) mass is 290 g/mol. The van der Waals surface area contributed by atoms with Gasteiger partial charge in [0, 0.05) is 0 Å². The molecule has 2 fully saturated rings. The minimum atomic E-state index is -3.87. The van der Waals surface area contributed by atoms with Crippen LogP contribution in [0.2, 0.25) is 0 Å². The van der Waals surface area contributed by atoms with Crippen molar-refractivity contribution in [3.8, 4) is 0 Å². The Labute approximate surface area is 116 Å². The molecule has 0 heterocycles. The molecule has 2 aliphatic carbocycles. The molecule has 0 aromatic carbocycles. The van der Waals surface area contributed by atoms with Crippen LogP contribution in [0.4, 0.5) is 0 Å². The summed E-state index contributed by atoms with van der Waals surface area (Å²) >= 11 is 0. The van der Waals surface area contributed by atoms with E-state index in [-0.39, 0.29) is 12.2 Å². The Kier molecular flexibility index (Phi) is 5.47. The van der Waals surface area contributed by atoms with Crippen molar-refractivity contribution < 1.29 is 18.5 Å². The van der Waals surface area contributed by atoms with Crippen molar-refractivity contribution in [3.63, 3.8) is 0 Å². The smallest absolute Gasteiger partial charge is 0.302 e. The molecule has 112 valence electrons. The molecule has 0 spiro atoms. The minimum Gasteiger partial charge on any atom is -0.302 e. The molecule has 2 rings (SSSR count). The summed E-state index contributed by atoms with van der Waals surface area (Å²) in [6, 6.07) is 0. The van der Waals surface area contributed by atoms with Crippen molar-refractivity contribution >= 4 is 7.82 Å². The van der Waals surface area contributed by atoms with Gasteiger partial charge >= 0.3 is 7.82 Å². The predicted molar refractivity (Wildman–Crippen MR) is 74.8 cm³/mol. The van der Waals surface area contributed by atoms with E-state index in [0.29, 0.717) is 11.8 Å². The van der Waals surface area contributed by atoms with E-state index in [9.17, 15) is 9.46 Å².